The van der Waals surface area contributed by atoms with Crippen molar-refractivity contribution in [2.75, 3.05) is 31.1 Å². The molecule has 1 amide bonds. The fourth-order valence-electron chi connectivity index (χ4n) is 3.55. The lowest BCUT2D eigenvalue weighted by Gasteiger charge is -2.35. The number of hydrogen-bond acceptors (Lipinski definition) is 5. The summed E-state index contributed by atoms with van der Waals surface area (Å²) in [7, 11) is -3.55. The van der Waals surface area contributed by atoms with Gasteiger partial charge < -0.3 is 4.90 Å². The van der Waals surface area contributed by atoms with Crippen molar-refractivity contribution < 1.29 is 18.4 Å². The molecule has 0 unspecified atom stereocenters. The van der Waals surface area contributed by atoms with Crippen LogP contribution in [0.15, 0.2) is 71.6 Å². The van der Waals surface area contributed by atoms with E-state index < -0.39 is 15.9 Å². The van der Waals surface area contributed by atoms with Crippen LogP contribution in [0.5, 0.6) is 0 Å². The maximum absolute atomic E-state index is 13.1. The number of piperazine rings is 1. The van der Waals surface area contributed by atoms with Crippen molar-refractivity contribution in [2.45, 2.75) is 4.90 Å². The normalized spacial score (nSPS) is 15.4. The maximum Gasteiger partial charge on any atom is 0.274 e. The zero-order valence-electron chi connectivity index (χ0n) is 15.7. The Morgan fingerprint density at radius 2 is 1.52 bits per heavy atom. The molecular weight excluding hydrogens is 390 g/mol. The molecule has 0 saturated carbocycles. The molecule has 3 aromatic carbocycles. The molecule has 1 fully saturated rings. The summed E-state index contributed by atoms with van der Waals surface area (Å²) < 4.78 is 27.6. The van der Waals surface area contributed by atoms with Crippen molar-refractivity contribution in [1.82, 2.24) is 9.79 Å². The SMILES string of the molecule is O=C(NO)c1ccc(N2CCN(S(=O)(=O)c3ccc4ccccc4c3)CC2)cc1. The fraction of sp³-hybridized carbons (Fsp3) is 0.190. The van der Waals surface area contributed by atoms with Gasteiger partial charge in [-0.3, -0.25) is 10.0 Å². The Balaban J connectivity index is 1.47. The minimum atomic E-state index is -3.55. The summed E-state index contributed by atoms with van der Waals surface area (Å²) in [5.41, 5.74) is 2.86. The number of carbonyl (C=O) groups is 1. The molecule has 8 heteroatoms. The van der Waals surface area contributed by atoms with Gasteiger partial charge in [-0.05, 0) is 47.2 Å². The highest BCUT2D eigenvalue weighted by Crippen LogP contribution is 2.24. The van der Waals surface area contributed by atoms with Gasteiger partial charge in [0.15, 0.2) is 0 Å². The lowest BCUT2D eigenvalue weighted by Crippen LogP contribution is -2.48. The predicted octanol–water partition coefficient (Wildman–Crippen LogP) is 2.47. The molecule has 0 bridgehead atoms. The van der Waals surface area contributed by atoms with E-state index >= 15 is 0 Å². The van der Waals surface area contributed by atoms with E-state index in [1.165, 1.54) is 4.31 Å². The number of hydroxylamine groups is 1. The summed E-state index contributed by atoms with van der Waals surface area (Å²) in [5.74, 6) is -0.567. The molecule has 2 N–H and O–H groups in total. The van der Waals surface area contributed by atoms with Crippen LogP contribution >= 0.6 is 0 Å². The standard InChI is InChI=1S/C21H21N3O4S/c25-21(22-26)17-5-8-19(9-6-17)23-11-13-24(14-12-23)29(27,28)20-10-7-16-3-1-2-4-18(16)15-20/h1-10,15,26H,11-14H2,(H,22,25). The zero-order chi connectivity index (χ0) is 20.4. The largest absolute Gasteiger partial charge is 0.369 e. The Bertz CT molecular complexity index is 1140. The molecule has 29 heavy (non-hydrogen) atoms. The Kier molecular flexibility index (Phi) is 5.23. The lowest BCUT2D eigenvalue weighted by atomic mass is 10.1. The topological polar surface area (TPSA) is 89.9 Å². The number of benzene rings is 3. The highest BCUT2D eigenvalue weighted by Gasteiger charge is 2.28. The Morgan fingerprint density at radius 1 is 0.862 bits per heavy atom. The first-order valence-electron chi connectivity index (χ1n) is 9.27. The zero-order valence-corrected chi connectivity index (χ0v) is 16.5. The van der Waals surface area contributed by atoms with Gasteiger partial charge in [0.2, 0.25) is 10.0 Å². The number of nitrogens with zero attached hydrogens (tertiary/aromatic N) is 2. The molecule has 1 aliphatic heterocycles. The number of sulfonamides is 1. The van der Waals surface area contributed by atoms with Gasteiger partial charge in [0, 0.05) is 37.4 Å². The number of carbonyl (C=O) groups excluding carboxylic acids is 1. The molecule has 0 atom stereocenters. The summed E-state index contributed by atoms with van der Waals surface area (Å²) in [5, 5.41) is 10.6. The van der Waals surface area contributed by atoms with Crippen LogP contribution in [0.1, 0.15) is 10.4 Å². The van der Waals surface area contributed by atoms with Crippen molar-refractivity contribution in [2.24, 2.45) is 0 Å². The summed E-state index contributed by atoms with van der Waals surface area (Å²) in [6.07, 6.45) is 0. The van der Waals surface area contributed by atoms with Crippen LogP contribution in [-0.2, 0) is 10.0 Å². The fourth-order valence-corrected chi connectivity index (χ4v) is 5.01. The molecule has 3 aromatic rings. The molecule has 4 rings (SSSR count). The van der Waals surface area contributed by atoms with E-state index in [-0.39, 0.29) is 0 Å². The first-order chi connectivity index (χ1) is 14.0. The molecule has 0 spiro atoms. The number of nitrogens with one attached hydrogen (secondary N) is 1. The number of hydrogen-bond donors (Lipinski definition) is 2. The van der Waals surface area contributed by atoms with E-state index in [1.807, 2.05) is 30.3 Å². The van der Waals surface area contributed by atoms with Crippen molar-refractivity contribution >= 4 is 32.4 Å². The summed E-state index contributed by atoms with van der Waals surface area (Å²) >= 11 is 0. The quantitative estimate of drug-likeness (QED) is 0.509. The van der Waals surface area contributed by atoms with Crippen LogP contribution in [0, 0.1) is 0 Å². The second-order valence-corrected chi connectivity index (χ2v) is 8.83. The van der Waals surface area contributed by atoms with Gasteiger partial charge in [0.05, 0.1) is 4.90 Å². The minimum absolute atomic E-state index is 0.309. The number of rotatable bonds is 4. The van der Waals surface area contributed by atoms with Crippen LogP contribution < -0.4 is 10.4 Å². The molecule has 1 heterocycles. The molecule has 1 aliphatic rings. The van der Waals surface area contributed by atoms with Gasteiger partial charge in [-0.1, -0.05) is 30.3 Å². The molecule has 0 aliphatic carbocycles. The first-order valence-corrected chi connectivity index (χ1v) is 10.7. The van der Waals surface area contributed by atoms with Gasteiger partial charge in [-0.2, -0.15) is 4.31 Å². The van der Waals surface area contributed by atoms with Crippen LogP contribution in [0.25, 0.3) is 10.8 Å². The molecule has 0 radical (unpaired) electrons. The van der Waals surface area contributed by atoms with Gasteiger partial charge in [0.1, 0.15) is 0 Å². The van der Waals surface area contributed by atoms with E-state index in [0.29, 0.717) is 36.6 Å². The monoisotopic (exact) mass is 411 g/mol. The van der Waals surface area contributed by atoms with Crippen molar-refractivity contribution in [1.29, 1.82) is 0 Å². The van der Waals surface area contributed by atoms with Crippen LogP contribution in [0.4, 0.5) is 5.69 Å². The second kappa shape index (κ2) is 7.82. The minimum Gasteiger partial charge on any atom is -0.369 e. The van der Waals surface area contributed by atoms with Gasteiger partial charge >= 0.3 is 0 Å². The number of anilines is 1. The van der Waals surface area contributed by atoms with Gasteiger partial charge in [-0.25, -0.2) is 13.9 Å². The highest BCUT2D eigenvalue weighted by atomic mass is 32.2. The van der Waals surface area contributed by atoms with Crippen molar-refractivity contribution in [3.63, 3.8) is 0 Å². The van der Waals surface area contributed by atoms with E-state index in [4.69, 9.17) is 5.21 Å². The third kappa shape index (κ3) is 3.82. The van der Waals surface area contributed by atoms with E-state index in [9.17, 15) is 13.2 Å². The second-order valence-electron chi connectivity index (χ2n) is 6.89. The first kappa shape index (κ1) is 19.4. The summed E-state index contributed by atoms with van der Waals surface area (Å²) in [4.78, 5) is 13.8. The molecule has 7 nitrogen and oxygen atoms in total. The summed E-state index contributed by atoms with van der Waals surface area (Å²) in [6.45, 7) is 1.87. The maximum atomic E-state index is 13.1. The Morgan fingerprint density at radius 3 is 2.17 bits per heavy atom. The number of amides is 1. The molecule has 0 aromatic heterocycles. The Labute approximate surface area is 169 Å². The van der Waals surface area contributed by atoms with E-state index in [1.54, 1.807) is 41.9 Å². The molecule has 150 valence electrons. The molecular formula is C21H21N3O4S. The van der Waals surface area contributed by atoms with Crippen LogP contribution in [0.3, 0.4) is 0 Å². The number of fused-ring (bicyclic) bond motifs is 1. The lowest BCUT2D eigenvalue weighted by molar-refractivity contribution is 0.0706. The van der Waals surface area contributed by atoms with Crippen LogP contribution in [-0.4, -0.2) is 50.0 Å². The third-order valence-electron chi connectivity index (χ3n) is 5.19. The van der Waals surface area contributed by atoms with Gasteiger partial charge in [0.25, 0.3) is 5.91 Å². The van der Waals surface area contributed by atoms with Crippen LogP contribution in [0.2, 0.25) is 0 Å². The third-order valence-corrected chi connectivity index (χ3v) is 7.09. The molecule has 1 saturated heterocycles. The van der Waals surface area contributed by atoms with Crippen molar-refractivity contribution in [3.05, 3.63) is 72.3 Å². The van der Waals surface area contributed by atoms with Gasteiger partial charge in [-0.15, -0.1) is 0 Å². The predicted molar refractivity (Wildman–Crippen MR) is 111 cm³/mol. The van der Waals surface area contributed by atoms with E-state index in [0.717, 1.165) is 16.5 Å². The average molecular weight is 411 g/mol. The van der Waals surface area contributed by atoms with Crippen molar-refractivity contribution in [3.8, 4) is 0 Å². The van der Waals surface area contributed by atoms with E-state index in [2.05, 4.69) is 4.90 Å². The highest BCUT2D eigenvalue weighted by molar-refractivity contribution is 7.89. The smallest absolute Gasteiger partial charge is 0.274 e. The summed E-state index contributed by atoms with van der Waals surface area (Å²) in [6, 6.07) is 19.7. The average Bonchev–Trinajstić information content (AvgIpc) is 2.78. The Hall–Kier alpha value is -2.94.